The van der Waals surface area contributed by atoms with Gasteiger partial charge in [-0.15, -0.1) is 0 Å². The lowest BCUT2D eigenvalue weighted by molar-refractivity contribution is -0.122. The van der Waals surface area contributed by atoms with E-state index in [9.17, 15) is 4.79 Å². The van der Waals surface area contributed by atoms with Crippen LogP contribution >= 0.6 is 0 Å². The molecule has 0 radical (unpaired) electrons. The Morgan fingerprint density at radius 2 is 1.69 bits per heavy atom. The maximum absolute atomic E-state index is 12.8. The molecule has 29 heavy (non-hydrogen) atoms. The van der Waals surface area contributed by atoms with E-state index in [1.165, 1.54) is 11.1 Å². The number of hydrogen-bond donors (Lipinski definition) is 0. The number of fused-ring (bicyclic) bond motifs is 1. The van der Waals surface area contributed by atoms with Crippen molar-refractivity contribution in [3.63, 3.8) is 0 Å². The van der Waals surface area contributed by atoms with Crippen LogP contribution in [0.2, 0.25) is 0 Å². The lowest BCUT2D eigenvalue weighted by Gasteiger charge is -2.18. The third kappa shape index (κ3) is 5.83. The highest BCUT2D eigenvalue weighted by atomic mass is 16.5. The van der Waals surface area contributed by atoms with Gasteiger partial charge in [-0.3, -0.25) is 4.79 Å². The fourth-order valence-electron chi connectivity index (χ4n) is 4.17. The Morgan fingerprint density at radius 1 is 1.00 bits per heavy atom. The van der Waals surface area contributed by atoms with E-state index in [-0.39, 0.29) is 5.92 Å². The van der Waals surface area contributed by atoms with E-state index in [1.807, 2.05) is 12.1 Å². The van der Waals surface area contributed by atoms with Crippen LogP contribution < -0.4 is 9.47 Å². The summed E-state index contributed by atoms with van der Waals surface area (Å²) in [6, 6.07) is 14.6. The summed E-state index contributed by atoms with van der Waals surface area (Å²) in [4.78, 5) is 15.2. The van der Waals surface area contributed by atoms with Gasteiger partial charge in [0.05, 0.1) is 14.2 Å². The molecule has 4 nitrogen and oxygen atoms in total. The van der Waals surface area contributed by atoms with Crippen molar-refractivity contribution in [1.29, 1.82) is 0 Å². The van der Waals surface area contributed by atoms with Crippen molar-refractivity contribution >= 4 is 5.78 Å². The Balaban J connectivity index is 1.49. The quantitative estimate of drug-likeness (QED) is 0.593. The predicted molar refractivity (Wildman–Crippen MR) is 117 cm³/mol. The summed E-state index contributed by atoms with van der Waals surface area (Å²) in [5.41, 5.74) is 3.69. The number of ether oxygens (including phenoxy) is 2. The number of carbonyl (C=O) groups is 1. The van der Waals surface area contributed by atoms with Crippen molar-refractivity contribution in [2.45, 2.75) is 38.5 Å². The Kier molecular flexibility index (Phi) is 7.70. The molecule has 3 rings (SSSR count). The molecule has 0 N–H and O–H groups in total. The van der Waals surface area contributed by atoms with Crippen LogP contribution in [0, 0.1) is 5.92 Å². The number of methoxy groups -OCH3 is 2. The van der Waals surface area contributed by atoms with Crippen LogP contribution in [0.1, 0.15) is 36.0 Å². The van der Waals surface area contributed by atoms with E-state index in [0.29, 0.717) is 18.0 Å². The Hall–Kier alpha value is -2.33. The Bertz CT molecular complexity index is 803. The van der Waals surface area contributed by atoms with Gasteiger partial charge >= 0.3 is 0 Å². The predicted octanol–water partition coefficient (Wildman–Crippen LogP) is 4.33. The average molecular weight is 396 g/mol. The number of Topliss-reactive ketones (excluding diaryl/α,β-unsaturated/α-hetero) is 1. The summed E-state index contributed by atoms with van der Waals surface area (Å²) in [5.74, 6) is 1.97. The van der Waals surface area contributed by atoms with Gasteiger partial charge in [0.25, 0.3) is 0 Å². The van der Waals surface area contributed by atoms with Crippen LogP contribution in [0.3, 0.4) is 0 Å². The zero-order valence-corrected chi connectivity index (χ0v) is 17.9. The molecule has 1 aliphatic rings. The smallest absolute Gasteiger partial charge is 0.161 e. The van der Waals surface area contributed by atoms with Gasteiger partial charge in [-0.1, -0.05) is 30.3 Å². The molecule has 2 aromatic carbocycles. The van der Waals surface area contributed by atoms with Crippen molar-refractivity contribution in [3.8, 4) is 11.5 Å². The number of hydrogen-bond acceptors (Lipinski definition) is 4. The van der Waals surface area contributed by atoms with Crippen molar-refractivity contribution < 1.29 is 14.3 Å². The molecule has 0 saturated carbocycles. The van der Waals surface area contributed by atoms with E-state index < -0.39 is 0 Å². The van der Waals surface area contributed by atoms with Gasteiger partial charge in [0.15, 0.2) is 11.5 Å². The molecule has 1 atom stereocenters. The van der Waals surface area contributed by atoms with Crippen molar-refractivity contribution in [1.82, 2.24) is 4.90 Å². The minimum Gasteiger partial charge on any atom is -0.493 e. The standard InChI is InChI=1S/C25H33NO3/c1-26(15-13-19-8-5-4-6-9-19)14-7-10-20-11-12-21-17-24(28-2)25(29-3)18-22(21)16-23(20)27/h4-6,8-9,17-18,20H,7,10-16H2,1-3H3. The normalized spacial score (nSPS) is 16.4. The fourth-order valence-corrected chi connectivity index (χ4v) is 4.17. The number of likely N-dealkylation sites (N-methyl/N-ethyl adjacent to an activating group) is 1. The van der Waals surface area contributed by atoms with E-state index in [4.69, 9.17) is 9.47 Å². The third-order valence-corrected chi connectivity index (χ3v) is 6.01. The molecule has 0 saturated heterocycles. The molecule has 0 heterocycles. The second kappa shape index (κ2) is 10.4. The summed E-state index contributed by atoms with van der Waals surface area (Å²) in [6.07, 6.45) is 5.45. The maximum Gasteiger partial charge on any atom is 0.161 e. The molecule has 0 spiro atoms. The van der Waals surface area contributed by atoms with Crippen LogP contribution in [-0.4, -0.2) is 45.0 Å². The number of ketones is 1. The van der Waals surface area contributed by atoms with E-state index in [0.717, 1.165) is 56.5 Å². The lowest BCUT2D eigenvalue weighted by Crippen LogP contribution is -2.24. The van der Waals surface area contributed by atoms with Gasteiger partial charge in [0.2, 0.25) is 0 Å². The number of benzene rings is 2. The molecule has 4 heteroatoms. The van der Waals surface area contributed by atoms with Crippen molar-refractivity contribution in [3.05, 3.63) is 59.2 Å². The second-order valence-electron chi connectivity index (χ2n) is 8.04. The SMILES string of the molecule is COc1cc2c(cc1OC)CC(=O)C(CCCN(C)CCc1ccccc1)CC2. The first kappa shape index (κ1) is 21.4. The maximum atomic E-state index is 12.8. The molecule has 0 bridgehead atoms. The fraction of sp³-hybridized carbons (Fsp3) is 0.480. The number of carbonyl (C=O) groups excluding carboxylic acids is 1. The monoisotopic (exact) mass is 395 g/mol. The van der Waals surface area contributed by atoms with Crippen LogP contribution in [0.25, 0.3) is 0 Å². The molecule has 0 aromatic heterocycles. The topological polar surface area (TPSA) is 38.8 Å². The third-order valence-electron chi connectivity index (χ3n) is 6.01. The van der Waals surface area contributed by atoms with Gasteiger partial charge in [-0.25, -0.2) is 0 Å². The Labute approximate surface area is 174 Å². The highest BCUT2D eigenvalue weighted by Gasteiger charge is 2.25. The zero-order valence-electron chi connectivity index (χ0n) is 17.9. The summed E-state index contributed by atoms with van der Waals surface area (Å²) in [5, 5.41) is 0. The average Bonchev–Trinajstić information content (AvgIpc) is 2.90. The number of nitrogens with zero attached hydrogens (tertiary/aromatic N) is 1. The lowest BCUT2D eigenvalue weighted by atomic mass is 9.93. The second-order valence-corrected chi connectivity index (χ2v) is 8.04. The van der Waals surface area contributed by atoms with Crippen LogP contribution in [0.15, 0.2) is 42.5 Å². The molecule has 0 aliphatic heterocycles. The Morgan fingerprint density at radius 3 is 2.38 bits per heavy atom. The van der Waals surface area contributed by atoms with Crippen LogP contribution in [0.5, 0.6) is 11.5 Å². The molecule has 0 amide bonds. The summed E-state index contributed by atoms with van der Waals surface area (Å²) in [6.45, 7) is 2.08. The minimum atomic E-state index is 0.155. The highest BCUT2D eigenvalue weighted by molar-refractivity contribution is 5.84. The van der Waals surface area contributed by atoms with Gasteiger partial charge in [-0.2, -0.15) is 0 Å². The van der Waals surface area contributed by atoms with E-state index in [1.54, 1.807) is 14.2 Å². The summed E-state index contributed by atoms with van der Waals surface area (Å²) >= 11 is 0. The molecule has 2 aromatic rings. The molecule has 1 unspecified atom stereocenters. The number of rotatable bonds is 9. The van der Waals surface area contributed by atoms with Crippen molar-refractivity contribution in [2.75, 3.05) is 34.4 Å². The van der Waals surface area contributed by atoms with Crippen molar-refractivity contribution in [2.24, 2.45) is 5.92 Å². The summed E-state index contributed by atoms with van der Waals surface area (Å²) < 4.78 is 10.8. The summed E-state index contributed by atoms with van der Waals surface area (Å²) in [7, 11) is 5.47. The first-order chi connectivity index (χ1) is 14.1. The first-order valence-corrected chi connectivity index (χ1v) is 10.6. The van der Waals surface area contributed by atoms with E-state index >= 15 is 0 Å². The van der Waals surface area contributed by atoms with Crippen LogP contribution in [0.4, 0.5) is 0 Å². The zero-order chi connectivity index (χ0) is 20.6. The van der Waals surface area contributed by atoms with Gasteiger partial charge in [-0.05, 0) is 74.5 Å². The largest absolute Gasteiger partial charge is 0.493 e. The molecule has 156 valence electrons. The molecular weight excluding hydrogens is 362 g/mol. The molecule has 0 fully saturated rings. The minimum absolute atomic E-state index is 0.155. The van der Waals surface area contributed by atoms with Crippen LogP contribution in [-0.2, 0) is 24.1 Å². The van der Waals surface area contributed by atoms with Gasteiger partial charge in [0, 0.05) is 18.9 Å². The van der Waals surface area contributed by atoms with Gasteiger partial charge in [0.1, 0.15) is 5.78 Å². The van der Waals surface area contributed by atoms with E-state index in [2.05, 4.69) is 42.3 Å². The number of aryl methyl sites for hydroxylation is 1. The van der Waals surface area contributed by atoms with Gasteiger partial charge < -0.3 is 14.4 Å². The molecular formula is C25H33NO3. The first-order valence-electron chi connectivity index (χ1n) is 10.6. The molecule has 1 aliphatic carbocycles. The highest BCUT2D eigenvalue weighted by Crippen LogP contribution is 2.34.